The maximum atomic E-state index is 6.51. The molecule has 0 aliphatic carbocycles. The summed E-state index contributed by atoms with van der Waals surface area (Å²) in [4.78, 5) is 4.93. The van der Waals surface area contributed by atoms with Gasteiger partial charge in [0.2, 0.25) is 0 Å². The summed E-state index contributed by atoms with van der Waals surface area (Å²) in [6, 6.07) is 33.9. The molecule has 0 saturated heterocycles. The SMILES string of the molecule is c1ccc2cc3c(cc2c1)c1ccccc1n3-c1nc2ccc3oc4ccccc4c3c2o1. The van der Waals surface area contributed by atoms with Gasteiger partial charge in [-0.25, -0.2) is 0 Å². The van der Waals surface area contributed by atoms with E-state index in [4.69, 9.17) is 13.8 Å². The lowest BCUT2D eigenvalue weighted by Crippen LogP contribution is -1.93. The highest BCUT2D eigenvalue weighted by atomic mass is 16.4. The molecular formula is C29H16N2O2. The molecule has 0 amide bonds. The Balaban J connectivity index is 1.52. The zero-order chi connectivity index (χ0) is 21.5. The van der Waals surface area contributed by atoms with Crippen molar-refractivity contribution >= 4 is 65.6 Å². The second kappa shape index (κ2) is 6.02. The number of nitrogens with zero attached hydrogens (tertiary/aromatic N) is 2. The van der Waals surface area contributed by atoms with Gasteiger partial charge in [0, 0.05) is 16.2 Å². The fourth-order valence-corrected chi connectivity index (χ4v) is 5.14. The van der Waals surface area contributed by atoms with E-state index in [1.807, 2.05) is 30.3 Å². The van der Waals surface area contributed by atoms with Crippen molar-refractivity contribution in [2.45, 2.75) is 0 Å². The molecule has 0 aliphatic heterocycles. The number of oxazole rings is 1. The molecule has 0 N–H and O–H groups in total. The number of para-hydroxylation sites is 2. The predicted molar refractivity (Wildman–Crippen MR) is 133 cm³/mol. The van der Waals surface area contributed by atoms with E-state index in [2.05, 4.69) is 71.3 Å². The fourth-order valence-electron chi connectivity index (χ4n) is 5.14. The van der Waals surface area contributed by atoms with Crippen LogP contribution in [0.15, 0.2) is 106 Å². The zero-order valence-corrected chi connectivity index (χ0v) is 17.4. The van der Waals surface area contributed by atoms with Gasteiger partial charge in [0.05, 0.1) is 16.4 Å². The number of aromatic nitrogens is 2. The highest BCUT2D eigenvalue weighted by Crippen LogP contribution is 2.38. The van der Waals surface area contributed by atoms with E-state index in [9.17, 15) is 0 Å². The average Bonchev–Trinajstić information content (AvgIpc) is 3.53. The largest absolute Gasteiger partial charge is 0.456 e. The lowest BCUT2D eigenvalue weighted by Gasteiger charge is -2.03. The third kappa shape index (κ3) is 2.22. The summed E-state index contributed by atoms with van der Waals surface area (Å²) >= 11 is 0. The maximum absolute atomic E-state index is 6.51. The summed E-state index contributed by atoms with van der Waals surface area (Å²) in [5.74, 6) is 0. The van der Waals surface area contributed by atoms with Crippen molar-refractivity contribution in [3.63, 3.8) is 0 Å². The predicted octanol–water partition coefficient (Wildman–Crippen LogP) is 7.98. The van der Waals surface area contributed by atoms with Gasteiger partial charge in [0.15, 0.2) is 5.58 Å². The Kier molecular flexibility index (Phi) is 3.11. The van der Waals surface area contributed by atoms with Crippen LogP contribution in [0.2, 0.25) is 0 Å². The summed E-state index contributed by atoms with van der Waals surface area (Å²) in [5.41, 5.74) is 5.37. The maximum Gasteiger partial charge on any atom is 0.307 e. The zero-order valence-electron chi connectivity index (χ0n) is 17.4. The third-order valence-electron chi connectivity index (χ3n) is 6.62. The van der Waals surface area contributed by atoms with E-state index in [0.717, 1.165) is 44.1 Å². The molecule has 8 aromatic rings. The van der Waals surface area contributed by atoms with Gasteiger partial charge in [-0.1, -0.05) is 60.7 Å². The van der Waals surface area contributed by atoms with Crippen LogP contribution in [0.1, 0.15) is 0 Å². The molecule has 154 valence electrons. The van der Waals surface area contributed by atoms with Crippen LogP contribution in [0.3, 0.4) is 0 Å². The number of furan rings is 1. The molecular weight excluding hydrogens is 408 g/mol. The highest BCUT2D eigenvalue weighted by molar-refractivity contribution is 6.17. The molecule has 0 bridgehead atoms. The number of hydrogen-bond donors (Lipinski definition) is 0. The minimum atomic E-state index is 0.560. The topological polar surface area (TPSA) is 44.1 Å². The molecule has 0 atom stereocenters. The Labute approximate surface area is 187 Å². The van der Waals surface area contributed by atoms with Gasteiger partial charge < -0.3 is 8.83 Å². The van der Waals surface area contributed by atoms with E-state index in [-0.39, 0.29) is 0 Å². The summed E-state index contributed by atoms with van der Waals surface area (Å²) in [5, 5.41) is 6.78. The first-order chi connectivity index (χ1) is 16.3. The van der Waals surface area contributed by atoms with Gasteiger partial charge in [-0.2, -0.15) is 4.98 Å². The monoisotopic (exact) mass is 424 g/mol. The van der Waals surface area contributed by atoms with Crippen LogP contribution in [0.4, 0.5) is 0 Å². The highest BCUT2D eigenvalue weighted by Gasteiger charge is 2.20. The molecule has 3 heterocycles. The van der Waals surface area contributed by atoms with E-state index >= 15 is 0 Å². The van der Waals surface area contributed by atoms with Crippen LogP contribution in [0.5, 0.6) is 0 Å². The second-order valence-corrected chi connectivity index (χ2v) is 8.45. The van der Waals surface area contributed by atoms with Crippen molar-refractivity contribution in [3.8, 4) is 6.01 Å². The van der Waals surface area contributed by atoms with Crippen molar-refractivity contribution in [2.24, 2.45) is 0 Å². The minimum Gasteiger partial charge on any atom is -0.456 e. The van der Waals surface area contributed by atoms with Crippen LogP contribution in [0, 0.1) is 0 Å². The van der Waals surface area contributed by atoms with E-state index < -0.39 is 0 Å². The molecule has 0 aliphatic rings. The van der Waals surface area contributed by atoms with Crippen LogP contribution < -0.4 is 0 Å². The van der Waals surface area contributed by atoms with Gasteiger partial charge in [0.1, 0.15) is 16.7 Å². The molecule has 0 radical (unpaired) electrons. The minimum absolute atomic E-state index is 0.560. The Morgan fingerprint density at radius 1 is 0.576 bits per heavy atom. The van der Waals surface area contributed by atoms with Gasteiger partial charge in [-0.3, -0.25) is 4.57 Å². The first-order valence-corrected chi connectivity index (χ1v) is 11.0. The molecule has 0 unspecified atom stereocenters. The molecule has 0 spiro atoms. The fraction of sp³-hybridized carbons (Fsp3) is 0. The number of benzene rings is 5. The standard InChI is InChI=1S/C29H16N2O2/c1-2-8-18-16-24-21(15-17(18)7-1)19-9-3-5-11-23(19)31(24)29-30-22-13-14-26-27(28(22)33-29)20-10-4-6-12-25(20)32-26/h1-16H. The van der Waals surface area contributed by atoms with E-state index in [0.29, 0.717) is 6.01 Å². The van der Waals surface area contributed by atoms with Crippen molar-refractivity contribution in [2.75, 3.05) is 0 Å². The van der Waals surface area contributed by atoms with Crippen LogP contribution in [-0.4, -0.2) is 9.55 Å². The van der Waals surface area contributed by atoms with E-state index in [1.54, 1.807) is 0 Å². The lowest BCUT2D eigenvalue weighted by atomic mass is 10.1. The molecule has 3 aromatic heterocycles. The number of fused-ring (bicyclic) bond motifs is 9. The summed E-state index contributed by atoms with van der Waals surface area (Å²) in [6.07, 6.45) is 0. The van der Waals surface area contributed by atoms with Crippen molar-refractivity contribution in [1.82, 2.24) is 9.55 Å². The van der Waals surface area contributed by atoms with Crippen LogP contribution >= 0.6 is 0 Å². The summed E-state index contributed by atoms with van der Waals surface area (Å²) in [7, 11) is 0. The second-order valence-electron chi connectivity index (χ2n) is 8.45. The smallest absolute Gasteiger partial charge is 0.307 e. The molecule has 4 nitrogen and oxygen atoms in total. The number of rotatable bonds is 1. The normalized spacial score (nSPS) is 12.2. The van der Waals surface area contributed by atoms with Crippen LogP contribution in [-0.2, 0) is 0 Å². The Morgan fingerprint density at radius 3 is 2.24 bits per heavy atom. The molecule has 4 heteroatoms. The third-order valence-corrected chi connectivity index (χ3v) is 6.62. The quantitative estimate of drug-likeness (QED) is 0.268. The van der Waals surface area contributed by atoms with Gasteiger partial charge in [-0.05, 0) is 47.2 Å². The summed E-state index contributed by atoms with van der Waals surface area (Å²) < 4.78 is 14.7. The van der Waals surface area contributed by atoms with Crippen molar-refractivity contribution in [1.29, 1.82) is 0 Å². The number of hydrogen-bond acceptors (Lipinski definition) is 3. The van der Waals surface area contributed by atoms with Crippen molar-refractivity contribution in [3.05, 3.63) is 97.1 Å². The van der Waals surface area contributed by atoms with Crippen molar-refractivity contribution < 1.29 is 8.83 Å². The van der Waals surface area contributed by atoms with Gasteiger partial charge in [-0.15, -0.1) is 0 Å². The molecule has 5 aromatic carbocycles. The van der Waals surface area contributed by atoms with E-state index in [1.165, 1.54) is 21.5 Å². The first-order valence-electron chi connectivity index (χ1n) is 11.0. The summed E-state index contributed by atoms with van der Waals surface area (Å²) in [6.45, 7) is 0. The molecule has 0 saturated carbocycles. The average molecular weight is 424 g/mol. The molecule has 0 fully saturated rings. The van der Waals surface area contributed by atoms with Gasteiger partial charge in [0.25, 0.3) is 0 Å². The Bertz CT molecular complexity index is 2040. The lowest BCUT2D eigenvalue weighted by molar-refractivity contribution is 0.577. The Hall–Kier alpha value is -4.57. The van der Waals surface area contributed by atoms with Crippen LogP contribution in [0.25, 0.3) is 71.6 Å². The first kappa shape index (κ1) is 17.0. The molecule has 33 heavy (non-hydrogen) atoms. The molecule has 8 rings (SSSR count). The van der Waals surface area contributed by atoms with Gasteiger partial charge >= 0.3 is 6.01 Å². The Morgan fingerprint density at radius 2 is 1.33 bits per heavy atom.